The van der Waals surface area contributed by atoms with Gasteiger partial charge < -0.3 is 4.90 Å². The van der Waals surface area contributed by atoms with Gasteiger partial charge in [0, 0.05) is 31.7 Å². The number of sulfone groups is 1. The van der Waals surface area contributed by atoms with E-state index in [0.717, 1.165) is 13.1 Å². The van der Waals surface area contributed by atoms with Crippen molar-refractivity contribution in [2.45, 2.75) is 57.5 Å². The highest BCUT2D eigenvalue weighted by molar-refractivity contribution is 7.91. The average molecular weight is 328 g/mol. The van der Waals surface area contributed by atoms with Gasteiger partial charge in [-0.2, -0.15) is 0 Å². The Bertz CT molecular complexity index is 507. The Morgan fingerprint density at radius 2 is 1.68 bits per heavy atom. The molecular formula is C16H28N2O3S. The molecule has 3 fully saturated rings. The Morgan fingerprint density at radius 1 is 1.00 bits per heavy atom. The van der Waals surface area contributed by atoms with Crippen molar-refractivity contribution in [2.75, 3.05) is 31.1 Å². The average Bonchev–Trinajstić information content (AvgIpc) is 2.58. The zero-order valence-corrected chi connectivity index (χ0v) is 14.4. The Labute approximate surface area is 134 Å². The van der Waals surface area contributed by atoms with Gasteiger partial charge in [0.1, 0.15) is 0 Å². The van der Waals surface area contributed by atoms with Gasteiger partial charge in [-0.15, -0.1) is 0 Å². The summed E-state index contributed by atoms with van der Waals surface area (Å²) in [4.78, 5) is 17.0. The predicted molar refractivity (Wildman–Crippen MR) is 86.4 cm³/mol. The first-order chi connectivity index (χ1) is 10.5. The molecule has 1 aliphatic carbocycles. The number of carbonyl (C=O) groups is 1. The summed E-state index contributed by atoms with van der Waals surface area (Å²) < 4.78 is 23.5. The highest BCUT2D eigenvalue weighted by Gasteiger charge is 2.40. The highest BCUT2D eigenvalue weighted by atomic mass is 32.2. The second kappa shape index (κ2) is 6.48. The maximum absolute atomic E-state index is 12.7. The van der Waals surface area contributed by atoms with Gasteiger partial charge in [0.25, 0.3) is 0 Å². The molecule has 0 N–H and O–H groups in total. The Hall–Kier alpha value is -0.620. The minimum Gasteiger partial charge on any atom is -0.339 e. The maximum atomic E-state index is 12.7. The Morgan fingerprint density at radius 3 is 2.36 bits per heavy atom. The van der Waals surface area contributed by atoms with Crippen LogP contribution >= 0.6 is 0 Å². The van der Waals surface area contributed by atoms with Crippen LogP contribution in [-0.4, -0.2) is 67.3 Å². The van der Waals surface area contributed by atoms with Gasteiger partial charge in [0.2, 0.25) is 5.91 Å². The standard InChI is InChI=1S/C16H28N2O3S/c1-13-7-9-22(20,21)10-8-18(13)16(19)14-11-17(12-14)15-5-3-2-4-6-15/h13-15H,2-12H2,1H3/t13-/m1/s1. The Kier molecular flexibility index (Phi) is 4.78. The van der Waals surface area contributed by atoms with E-state index in [9.17, 15) is 13.2 Å². The summed E-state index contributed by atoms with van der Waals surface area (Å²) in [5.41, 5.74) is 0. The number of amides is 1. The summed E-state index contributed by atoms with van der Waals surface area (Å²) in [6, 6.07) is 0.730. The van der Waals surface area contributed by atoms with Crippen molar-refractivity contribution in [3.63, 3.8) is 0 Å². The molecule has 126 valence electrons. The molecular weight excluding hydrogens is 300 g/mol. The van der Waals surface area contributed by atoms with Gasteiger partial charge >= 0.3 is 0 Å². The SMILES string of the molecule is C[C@@H]1CCS(=O)(=O)CCN1C(=O)C1CN(C2CCCCC2)C1. The quantitative estimate of drug-likeness (QED) is 0.766. The number of nitrogens with zero attached hydrogens (tertiary/aromatic N) is 2. The minimum absolute atomic E-state index is 0.0495. The summed E-state index contributed by atoms with van der Waals surface area (Å²) in [5, 5.41) is 0. The smallest absolute Gasteiger partial charge is 0.228 e. The molecule has 2 heterocycles. The lowest BCUT2D eigenvalue weighted by Gasteiger charge is -2.46. The molecule has 22 heavy (non-hydrogen) atoms. The fraction of sp³-hybridized carbons (Fsp3) is 0.938. The van der Waals surface area contributed by atoms with E-state index < -0.39 is 9.84 Å². The van der Waals surface area contributed by atoms with Crippen LogP contribution in [0.4, 0.5) is 0 Å². The number of rotatable bonds is 2. The normalized spacial score (nSPS) is 31.5. The lowest BCUT2D eigenvalue weighted by molar-refractivity contribution is -0.144. The van der Waals surface area contributed by atoms with Crippen molar-refractivity contribution in [1.82, 2.24) is 9.80 Å². The lowest BCUT2D eigenvalue weighted by Crippen LogP contribution is -2.59. The molecule has 1 atom stereocenters. The van der Waals surface area contributed by atoms with Crippen molar-refractivity contribution >= 4 is 15.7 Å². The highest BCUT2D eigenvalue weighted by Crippen LogP contribution is 2.30. The van der Waals surface area contributed by atoms with Gasteiger partial charge in [0.15, 0.2) is 9.84 Å². The molecule has 1 saturated carbocycles. The summed E-state index contributed by atoms with van der Waals surface area (Å²) in [7, 11) is -2.97. The van der Waals surface area contributed by atoms with Crippen LogP contribution in [0, 0.1) is 5.92 Å². The van der Waals surface area contributed by atoms with Gasteiger partial charge in [-0.3, -0.25) is 9.69 Å². The molecule has 5 nitrogen and oxygen atoms in total. The van der Waals surface area contributed by atoms with Crippen LogP contribution in [0.2, 0.25) is 0 Å². The van der Waals surface area contributed by atoms with E-state index in [1.54, 1.807) is 0 Å². The van der Waals surface area contributed by atoms with Crippen LogP contribution in [0.25, 0.3) is 0 Å². The van der Waals surface area contributed by atoms with Crippen molar-refractivity contribution in [2.24, 2.45) is 5.92 Å². The number of hydrogen-bond donors (Lipinski definition) is 0. The minimum atomic E-state index is -2.97. The monoisotopic (exact) mass is 328 g/mol. The summed E-state index contributed by atoms with van der Waals surface area (Å²) in [6.45, 7) is 4.11. The van der Waals surface area contributed by atoms with E-state index >= 15 is 0 Å². The van der Waals surface area contributed by atoms with Crippen molar-refractivity contribution in [3.05, 3.63) is 0 Å². The third-order valence-electron chi connectivity index (χ3n) is 5.66. The van der Waals surface area contributed by atoms with Crippen molar-refractivity contribution < 1.29 is 13.2 Å². The van der Waals surface area contributed by atoms with Crippen LogP contribution in [0.3, 0.4) is 0 Å². The molecule has 0 spiro atoms. The summed E-state index contributed by atoms with van der Waals surface area (Å²) >= 11 is 0. The first kappa shape index (κ1) is 16.2. The van der Waals surface area contributed by atoms with Crippen LogP contribution < -0.4 is 0 Å². The van der Waals surface area contributed by atoms with Crippen LogP contribution in [0.5, 0.6) is 0 Å². The molecule has 2 saturated heterocycles. The molecule has 0 aromatic carbocycles. The van der Waals surface area contributed by atoms with Crippen molar-refractivity contribution in [3.8, 4) is 0 Å². The van der Waals surface area contributed by atoms with E-state index in [0.29, 0.717) is 19.0 Å². The first-order valence-corrected chi connectivity index (χ1v) is 10.5. The number of hydrogen-bond acceptors (Lipinski definition) is 4. The molecule has 3 aliphatic rings. The second-order valence-electron chi connectivity index (χ2n) is 7.26. The van der Waals surface area contributed by atoms with E-state index in [4.69, 9.17) is 0 Å². The largest absolute Gasteiger partial charge is 0.339 e. The fourth-order valence-electron chi connectivity index (χ4n) is 4.04. The summed E-state index contributed by atoms with van der Waals surface area (Å²) in [6.07, 6.45) is 7.12. The molecule has 1 amide bonds. The lowest BCUT2D eigenvalue weighted by atomic mass is 9.88. The molecule has 0 unspecified atom stereocenters. The molecule has 0 aromatic rings. The predicted octanol–water partition coefficient (Wildman–Crippen LogP) is 1.29. The third kappa shape index (κ3) is 3.48. The zero-order chi connectivity index (χ0) is 15.7. The number of carbonyl (C=O) groups excluding carboxylic acids is 1. The van der Waals surface area contributed by atoms with E-state index in [-0.39, 0.29) is 29.4 Å². The van der Waals surface area contributed by atoms with Crippen LogP contribution in [0.1, 0.15) is 45.4 Å². The van der Waals surface area contributed by atoms with Gasteiger partial charge in [-0.1, -0.05) is 19.3 Å². The molecule has 3 rings (SSSR count). The van der Waals surface area contributed by atoms with Gasteiger partial charge in [-0.05, 0) is 26.2 Å². The molecule has 0 radical (unpaired) electrons. The Balaban J connectivity index is 1.54. The van der Waals surface area contributed by atoms with Gasteiger partial charge in [-0.25, -0.2) is 8.42 Å². The zero-order valence-electron chi connectivity index (χ0n) is 13.5. The summed E-state index contributed by atoms with van der Waals surface area (Å²) in [5.74, 6) is 0.612. The van der Waals surface area contributed by atoms with Gasteiger partial charge in [0.05, 0.1) is 17.4 Å². The second-order valence-corrected chi connectivity index (χ2v) is 9.57. The topological polar surface area (TPSA) is 57.7 Å². The van der Waals surface area contributed by atoms with Crippen molar-refractivity contribution in [1.29, 1.82) is 0 Å². The van der Waals surface area contributed by atoms with E-state index in [1.165, 1.54) is 32.1 Å². The molecule has 6 heteroatoms. The fourth-order valence-corrected chi connectivity index (χ4v) is 5.42. The first-order valence-electron chi connectivity index (χ1n) is 8.71. The maximum Gasteiger partial charge on any atom is 0.228 e. The van der Waals surface area contributed by atoms with E-state index in [1.807, 2.05) is 11.8 Å². The van der Waals surface area contributed by atoms with E-state index in [2.05, 4.69) is 4.90 Å². The molecule has 2 aliphatic heterocycles. The van der Waals surface area contributed by atoms with Crippen LogP contribution in [-0.2, 0) is 14.6 Å². The number of likely N-dealkylation sites (tertiary alicyclic amines) is 1. The third-order valence-corrected chi connectivity index (χ3v) is 7.32. The molecule has 0 aromatic heterocycles. The van der Waals surface area contributed by atoms with Crippen LogP contribution in [0.15, 0.2) is 0 Å². The molecule has 0 bridgehead atoms.